The molecule has 5 nitrogen and oxygen atoms in total. The van der Waals surface area contributed by atoms with E-state index in [4.69, 9.17) is 11.6 Å². The van der Waals surface area contributed by atoms with E-state index in [2.05, 4.69) is 4.72 Å². The SMILES string of the molecule is CC(=O)N(CCNS(=O)(=O)c1ccc(Cl)s1)C(C)C. The van der Waals surface area contributed by atoms with Gasteiger partial charge >= 0.3 is 0 Å². The number of nitrogens with one attached hydrogen (secondary N) is 1. The van der Waals surface area contributed by atoms with Crippen molar-refractivity contribution in [3.63, 3.8) is 0 Å². The van der Waals surface area contributed by atoms with E-state index in [-0.39, 0.29) is 22.7 Å². The second-order valence-electron chi connectivity index (χ2n) is 4.26. The molecule has 1 aromatic rings. The van der Waals surface area contributed by atoms with Gasteiger partial charge in [0.25, 0.3) is 0 Å². The summed E-state index contributed by atoms with van der Waals surface area (Å²) in [4.78, 5) is 12.9. The van der Waals surface area contributed by atoms with Crippen molar-refractivity contribution in [1.82, 2.24) is 9.62 Å². The topological polar surface area (TPSA) is 66.5 Å². The summed E-state index contributed by atoms with van der Waals surface area (Å²) in [6.45, 7) is 5.75. The van der Waals surface area contributed by atoms with Crippen LogP contribution < -0.4 is 4.72 Å². The summed E-state index contributed by atoms with van der Waals surface area (Å²) in [5.41, 5.74) is 0. The molecule has 1 N–H and O–H groups in total. The molecule has 0 bridgehead atoms. The van der Waals surface area contributed by atoms with Crippen LogP contribution in [-0.2, 0) is 14.8 Å². The molecule has 0 fully saturated rings. The first-order valence-electron chi connectivity index (χ1n) is 5.76. The van der Waals surface area contributed by atoms with Crippen molar-refractivity contribution in [2.75, 3.05) is 13.1 Å². The molecule has 1 heterocycles. The fourth-order valence-corrected chi connectivity index (χ4v) is 4.14. The van der Waals surface area contributed by atoms with Crippen LogP contribution in [0.25, 0.3) is 0 Å². The Kier molecular flexibility index (Phi) is 5.79. The average molecular weight is 325 g/mol. The molecule has 1 rings (SSSR count). The highest BCUT2D eigenvalue weighted by Crippen LogP contribution is 2.25. The van der Waals surface area contributed by atoms with Crippen molar-refractivity contribution >= 4 is 38.9 Å². The lowest BCUT2D eigenvalue weighted by Gasteiger charge is -2.25. The molecule has 1 aromatic heterocycles. The molecule has 0 aromatic carbocycles. The van der Waals surface area contributed by atoms with Crippen molar-refractivity contribution in [3.8, 4) is 0 Å². The van der Waals surface area contributed by atoms with E-state index in [1.807, 2.05) is 13.8 Å². The van der Waals surface area contributed by atoms with E-state index in [1.54, 1.807) is 4.90 Å². The van der Waals surface area contributed by atoms with E-state index in [9.17, 15) is 13.2 Å². The predicted octanol–water partition coefficient (Wildman–Crippen LogP) is 1.94. The molecule has 1 amide bonds. The summed E-state index contributed by atoms with van der Waals surface area (Å²) in [5, 5.41) is 0. The third-order valence-electron chi connectivity index (χ3n) is 2.49. The number of hydrogen-bond acceptors (Lipinski definition) is 4. The molecule has 0 saturated carbocycles. The standard InChI is InChI=1S/C11H17ClN2O3S2/c1-8(2)14(9(3)15)7-6-13-19(16,17)11-5-4-10(12)18-11/h4-5,8,13H,6-7H2,1-3H3. The van der Waals surface area contributed by atoms with Crippen molar-refractivity contribution < 1.29 is 13.2 Å². The lowest BCUT2D eigenvalue weighted by atomic mass is 10.3. The molecule has 0 unspecified atom stereocenters. The monoisotopic (exact) mass is 324 g/mol. The van der Waals surface area contributed by atoms with Gasteiger partial charge in [-0.15, -0.1) is 11.3 Å². The summed E-state index contributed by atoms with van der Waals surface area (Å²) in [7, 11) is -3.54. The van der Waals surface area contributed by atoms with Crippen molar-refractivity contribution in [2.45, 2.75) is 31.0 Å². The Bertz CT molecular complexity index is 540. The van der Waals surface area contributed by atoms with Crippen molar-refractivity contribution in [1.29, 1.82) is 0 Å². The van der Waals surface area contributed by atoms with Crippen LogP contribution in [0.2, 0.25) is 4.34 Å². The zero-order valence-electron chi connectivity index (χ0n) is 11.0. The van der Waals surface area contributed by atoms with Gasteiger partial charge < -0.3 is 4.90 Å². The van der Waals surface area contributed by atoms with E-state index < -0.39 is 10.0 Å². The Morgan fingerprint density at radius 1 is 1.47 bits per heavy atom. The van der Waals surface area contributed by atoms with Crippen LogP contribution in [0.5, 0.6) is 0 Å². The maximum atomic E-state index is 11.9. The number of thiophene rings is 1. The molecule has 108 valence electrons. The molecule has 8 heteroatoms. The van der Waals surface area contributed by atoms with Gasteiger partial charge in [0.2, 0.25) is 15.9 Å². The summed E-state index contributed by atoms with van der Waals surface area (Å²) in [5.74, 6) is -0.0756. The maximum absolute atomic E-state index is 11.9. The Balaban J connectivity index is 2.59. The van der Waals surface area contributed by atoms with Crippen LogP contribution in [0, 0.1) is 0 Å². The smallest absolute Gasteiger partial charge is 0.250 e. The van der Waals surface area contributed by atoms with Crippen LogP contribution >= 0.6 is 22.9 Å². The number of carbonyl (C=O) groups is 1. The van der Waals surface area contributed by atoms with E-state index >= 15 is 0 Å². The van der Waals surface area contributed by atoms with Crippen LogP contribution in [0.4, 0.5) is 0 Å². The Morgan fingerprint density at radius 2 is 2.11 bits per heavy atom. The van der Waals surface area contributed by atoms with Crippen molar-refractivity contribution in [3.05, 3.63) is 16.5 Å². The highest BCUT2D eigenvalue weighted by molar-refractivity contribution is 7.91. The first-order valence-corrected chi connectivity index (χ1v) is 8.44. The number of carbonyl (C=O) groups excluding carboxylic acids is 1. The summed E-state index contributed by atoms with van der Waals surface area (Å²) >= 11 is 6.71. The minimum atomic E-state index is -3.54. The molecular formula is C11H17ClN2O3S2. The first-order chi connectivity index (χ1) is 8.74. The van der Waals surface area contributed by atoms with Gasteiger partial charge in [0.05, 0.1) is 4.34 Å². The number of nitrogens with zero attached hydrogens (tertiary/aromatic N) is 1. The van der Waals surface area contributed by atoms with Gasteiger partial charge in [-0.1, -0.05) is 11.6 Å². The van der Waals surface area contributed by atoms with Gasteiger partial charge in [0.15, 0.2) is 0 Å². The molecule has 0 aliphatic heterocycles. The fourth-order valence-electron chi connectivity index (χ4n) is 1.59. The van der Waals surface area contributed by atoms with Gasteiger partial charge in [-0.3, -0.25) is 4.79 Å². The quantitative estimate of drug-likeness (QED) is 0.869. The third kappa shape index (κ3) is 4.76. The number of hydrogen-bond donors (Lipinski definition) is 1. The van der Waals surface area contributed by atoms with E-state index in [1.165, 1.54) is 19.1 Å². The molecule has 0 atom stereocenters. The number of sulfonamides is 1. The van der Waals surface area contributed by atoms with Gasteiger partial charge in [-0.25, -0.2) is 13.1 Å². The average Bonchev–Trinajstić information content (AvgIpc) is 2.71. The second-order valence-corrected chi connectivity index (χ2v) is 7.97. The van der Waals surface area contributed by atoms with Crippen LogP contribution in [0.3, 0.4) is 0 Å². The lowest BCUT2D eigenvalue weighted by Crippen LogP contribution is -2.41. The summed E-state index contributed by atoms with van der Waals surface area (Å²) in [6.07, 6.45) is 0. The molecule has 0 aliphatic carbocycles. The molecule has 0 saturated heterocycles. The molecule has 0 radical (unpaired) electrons. The predicted molar refractivity (Wildman–Crippen MR) is 77.0 cm³/mol. The normalized spacial score (nSPS) is 11.8. The van der Waals surface area contributed by atoms with E-state index in [0.717, 1.165) is 11.3 Å². The van der Waals surface area contributed by atoms with E-state index in [0.29, 0.717) is 10.9 Å². The molecular weight excluding hydrogens is 308 g/mol. The Labute approximate surface area is 122 Å². The summed E-state index contributed by atoms with van der Waals surface area (Å²) < 4.78 is 26.9. The zero-order chi connectivity index (χ0) is 14.6. The van der Waals surface area contributed by atoms with Crippen molar-refractivity contribution in [2.24, 2.45) is 0 Å². The van der Waals surface area contributed by atoms with Gasteiger partial charge in [-0.2, -0.15) is 0 Å². The highest BCUT2D eigenvalue weighted by atomic mass is 35.5. The van der Waals surface area contributed by atoms with Gasteiger partial charge in [0.1, 0.15) is 4.21 Å². The van der Waals surface area contributed by atoms with Crippen LogP contribution in [0.1, 0.15) is 20.8 Å². The summed E-state index contributed by atoms with van der Waals surface area (Å²) in [6, 6.07) is 3.04. The molecule has 0 spiro atoms. The molecule has 0 aliphatic rings. The lowest BCUT2D eigenvalue weighted by molar-refractivity contribution is -0.130. The maximum Gasteiger partial charge on any atom is 0.250 e. The van der Waals surface area contributed by atoms with Gasteiger partial charge in [-0.05, 0) is 26.0 Å². The number of amides is 1. The van der Waals surface area contributed by atoms with Crippen LogP contribution in [0.15, 0.2) is 16.3 Å². The Hall–Kier alpha value is -0.630. The minimum Gasteiger partial charge on any atom is -0.339 e. The minimum absolute atomic E-state index is 0.0400. The fraction of sp³-hybridized carbons (Fsp3) is 0.545. The zero-order valence-corrected chi connectivity index (χ0v) is 13.4. The largest absolute Gasteiger partial charge is 0.339 e. The second kappa shape index (κ2) is 6.69. The molecule has 19 heavy (non-hydrogen) atoms. The third-order valence-corrected chi connectivity index (χ3v) is 5.67. The Morgan fingerprint density at radius 3 is 2.53 bits per heavy atom. The van der Waals surface area contributed by atoms with Crippen LogP contribution in [-0.4, -0.2) is 38.4 Å². The van der Waals surface area contributed by atoms with Gasteiger partial charge in [0, 0.05) is 26.1 Å². The first kappa shape index (κ1) is 16.4. The number of halogens is 1. The highest BCUT2D eigenvalue weighted by Gasteiger charge is 2.18. The number of rotatable bonds is 6.